The summed E-state index contributed by atoms with van der Waals surface area (Å²) in [5, 5.41) is 10.1. The Balaban J connectivity index is 1.67. The molecule has 1 N–H and O–H groups in total. The van der Waals surface area contributed by atoms with Crippen molar-refractivity contribution in [1.82, 2.24) is 9.80 Å². The van der Waals surface area contributed by atoms with Gasteiger partial charge >= 0.3 is 0 Å². The molecular formula is C20H22Cl2N2O3. The predicted molar refractivity (Wildman–Crippen MR) is 107 cm³/mol. The fraction of sp³-hybridized carbons (Fsp3) is 0.350. The normalized spacial score (nSPS) is 15.0. The zero-order valence-electron chi connectivity index (χ0n) is 14.9. The van der Waals surface area contributed by atoms with E-state index in [1.54, 1.807) is 24.3 Å². The standard InChI is InChI=1S/C20H22Cl2N2O3/c21-16-6-5-15(18(22)13-16)14-27-19-4-2-1-3-17(19)20(26)24-9-7-23(8-10-24)11-12-25/h1-6,13,25H,7-12,14H2. The molecule has 5 nitrogen and oxygen atoms in total. The van der Waals surface area contributed by atoms with Crippen molar-refractivity contribution >= 4 is 29.1 Å². The summed E-state index contributed by atoms with van der Waals surface area (Å²) < 4.78 is 5.90. The molecule has 0 bridgehead atoms. The first-order valence-corrected chi connectivity index (χ1v) is 9.62. The van der Waals surface area contributed by atoms with Crippen LogP contribution in [0.15, 0.2) is 42.5 Å². The molecule has 0 unspecified atom stereocenters. The van der Waals surface area contributed by atoms with Crippen molar-refractivity contribution in [1.29, 1.82) is 0 Å². The number of piperazine rings is 1. The molecule has 1 saturated heterocycles. The van der Waals surface area contributed by atoms with Gasteiger partial charge in [-0.1, -0.05) is 41.4 Å². The number of carbonyl (C=O) groups excluding carboxylic acids is 1. The molecule has 1 fully saturated rings. The van der Waals surface area contributed by atoms with E-state index in [0.29, 0.717) is 41.0 Å². The van der Waals surface area contributed by atoms with E-state index in [9.17, 15) is 4.79 Å². The van der Waals surface area contributed by atoms with Crippen molar-refractivity contribution in [3.05, 3.63) is 63.6 Å². The maximum Gasteiger partial charge on any atom is 0.257 e. The third-order valence-corrected chi connectivity index (χ3v) is 5.18. The molecule has 1 aliphatic heterocycles. The summed E-state index contributed by atoms with van der Waals surface area (Å²) in [6, 6.07) is 12.5. The van der Waals surface area contributed by atoms with Gasteiger partial charge in [0.25, 0.3) is 5.91 Å². The molecule has 3 rings (SSSR count). The summed E-state index contributed by atoms with van der Waals surface area (Å²) in [6.07, 6.45) is 0. The van der Waals surface area contributed by atoms with Crippen LogP contribution in [0.2, 0.25) is 10.0 Å². The molecule has 7 heteroatoms. The van der Waals surface area contributed by atoms with Crippen molar-refractivity contribution in [3.63, 3.8) is 0 Å². The highest BCUT2D eigenvalue weighted by molar-refractivity contribution is 6.35. The lowest BCUT2D eigenvalue weighted by Crippen LogP contribution is -2.49. The fourth-order valence-electron chi connectivity index (χ4n) is 3.05. The van der Waals surface area contributed by atoms with Crippen molar-refractivity contribution in [3.8, 4) is 5.75 Å². The Hall–Kier alpha value is -1.79. The number of halogens is 2. The highest BCUT2D eigenvalue weighted by Gasteiger charge is 2.24. The molecule has 144 valence electrons. The van der Waals surface area contributed by atoms with E-state index < -0.39 is 0 Å². The summed E-state index contributed by atoms with van der Waals surface area (Å²) in [5.41, 5.74) is 1.35. The van der Waals surface area contributed by atoms with Crippen LogP contribution in [0.3, 0.4) is 0 Å². The van der Waals surface area contributed by atoms with E-state index >= 15 is 0 Å². The number of β-amino-alcohol motifs (C(OH)–C–C–N with tert-alkyl or cyclic N) is 1. The van der Waals surface area contributed by atoms with Gasteiger partial charge in [-0.2, -0.15) is 0 Å². The number of carbonyl (C=O) groups is 1. The second-order valence-electron chi connectivity index (χ2n) is 6.38. The largest absolute Gasteiger partial charge is 0.488 e. The first-order valence-electron chi connectivity index (χ1n) is 8.86. The lowest BCUT2D eigenvalue weighted by molar-refractivity contribution is 0.0610. The lowest BCUT2D eigenvalue weighted by Gasteiger charge is -2.34. The molecule has 2 aromatic rings. The number of ether oxygens (including phenoxy) is 1. The number of rotatable bonds is 6. The van der Waals surface area contributed by atoms with Gasteiger partial charge in [0.05, 0.1) is 12.2 Å². The van der Waals surface area contributed by atoms with Crippen LogP contribution in [0.1, 0.15) is 15.9 Å². The molecule has 1 aliphatic rings. The van der Waals surface area contributed by atoms with Gasteiger partial charge < -0.3 is 14.7 Å². The van der Waals surface area contributed by atoms with Crippen molar-refractivity contribution in [2.24, 2.45) is 0 Å². The van der Waals surface area contributed by atoms with Gasteiger partial charge in [0.15, 0.2) is 0 Å². The van der Waals surface area contributed by atoms with Crippen LogP contribution in [0.5, 0.6) is 5.75 Å². The zero-order valence-corrected chi connectivity index (χ0v) is 16.4. The fourth-order valence-corrected chi connectivity index (χ4v) is 3.51. The highest BCUT2D eigenvalue weighted by atomic mass is 35.5. The maximum absolute atomic E-state index is 12.9. The summed E-state index contributed by atoms with van der Waals surface area (Å²) in [4.78, 5) is 16.9. The van der Waals surface area contributed by atoms with E-state index in [0.717, 1.165) is 18.7 Å². The Kier molecular flexibility index (Phi) is 6.96. The van der Waals surface area contributed by atoms with E-state index in [1.807, 2.05) is 23.1 Å². The predicted octanol–water partition coefficient (Wildman–Crippen LogP) is 3.32. The third-order valence-electron chi connectivity index (χ3n) is 4.59. The molecule has 0 radical (unpaired) electrons. The molecule has 27 heavy (non-hydrogen) atoms. The third kappa shape index (κ3) is 5.14. The van der Waals surface area contributed by atoms with Crippen LogP contribution in [0.25, 0.3) is 0 Å². The topological polar surface area (TPSA) is 53.0 Å². The molecule has 2 aromatic carbocycles. The Morgan fingerprint density at radius 1 is 1.07 bits per heavy atom. The number of aliphatic hydroxyl groups excluding tert-OH is 1. The number of hydrogen-bond acceptors (Lipinski definition) is 4. The van der Waals surface area contributed by atoms with E-state index in [4.69, 9.17) is 33.0 Å². The molecule has 0 spiro atoms. The molecule has 0 atom stereocenters. The Morgan fingerprint density at radius 2 is 1.81 bits per heavy atom. The minimum atomic E-state index is -0.0450. The van der Waals surface area contributed by atoms with Gasteiger partial charge in [-0.25, -0.2) is 0 Å². The molecule has 1 heterocycles. The monoisotopic (exact) mass is 408 g/mol. The smallest absolute Gasteiger partial charge is 0.257 e. The van der Waals surface area contributed by atoms with Crippen LogP contribution in [0, 0.1) is 0 Å². The minimum absolute atomic E-state index is 0.0450. The van der Waals surface area contributed by atoms with Gasteiger partial charge in [0.2, 0.25) is 0 Å². The van der Waals surface area contributed by atoms with Gasteiger partial charge in [-0.15, -0.1) is 0 Å². The van der Waals surface area contributed by atoms with Crippen molar-refractivity contribution in [2.45, 2.75) is 6.61 Å². The van der Waals surface area contributed by atoms with Crippen LogP contribution >= 0.6 is 23.2 Å². The number of para-hydroxylation sites is 1. The van der Waals surface area contributed by atoms with E-state index in [-0.39, 0.29) is 19.1 Å². The second kappa shape index (κ2) is 9.42. The first kappa shape index (κ1) is 20.0. The number of nitrogens with zero attached hydrogens (tertiary/aromatic N) is 2. The Bertz CT molecular complexity index is 793. The Morgan fingerprint density at radius 3 is 2.52 bits per heavy atom. The van der Waals surface area contributed by atoms with Crippen LogP contribution in [-0.2, 0) is 6.61 Å². The van der Waals surface area contributed by atoms with Gasteiger partial charge in [0, 0.05) is 48.3 Å². The van der Waals surface area contributed by atoms with Crippen LogP contribution in [0.4, 0.5) is 0 Å². The average Bonchev–Trinajstić information content (AvgIpc) is 2.68. The van der Waals surface area contributed by atoms with E-state index in [1.165, 1.54) is 0 Å². The highest BCUT2D eigenvalue weighted by Crippen LogP contribution is 2.25. The summed E-state index contributed by atoms with van der Waals surface area (Å²) >= 11 is 12.1. The average molecular weight is 409 g/mol. The lowest BCUT2D eigenvalue weighted by atomic mass is 10.1. The summed E-state index contributed by atoms with van der Waals surface area (Å²) in [5.74, 6) is 0.489. The molecule has 0 saturated carbocycles. The minimum Gasteiger partial charge on any atom is -0.488 e. The van der Waals surface area contributed by atoms with Crippen LogP contribution < -0.4 is 4.74 Å². The van der Waals surface area contributed by atoms with Crippen LogP contribution in [-0.4, -0.2) is 60.1 Å². The van der Waals surface area contributed by atoms with E-state index in [2.05, 4.69) is 4.90 Å². The SMILES string of the molecule is O=C(c1ccccc1OCc1ccc(Cl)cc1Cl)N1CCN(CCO)CC1. The number of amides is 1. The van der Waals surface area contributed by atoms with Gasteiger partial charge in [-0.3, -0.25) is 9.69 Å². The zero-order chi connectivity index (χ0) is 19.2. The molecule has 0 aliphatic carbocycles. The summed E-state index contributed by atoms with van der Waals surface area (Å²) in [6.45, 7) is 3.82. The summed E-state index contributed by atoms with van der Waals surface area (Å²) in [7, 11) is 0. The first-order chi connectivity index (χ1) is 13.1. The quantitative estimate of drug-likeness (QED) is 0.796. The number of benzene rings is 2. The number of hydrogen-bond donors (Lipinski definition) is 1. The maximum atomic E-state index is 12.9. The molecular weight excluding hydrogens is 387 g/mol. The molecule has 1 amide bonds. The second-order valence-corrected chi connectivity index (χ2v) is 7.22. The van der Waals surface area contributed by atoms with Gasteiger partial charge in [0.1, 0.15) is 12.4 Å². The van der Waals surface area contributed by atoms with Gasteiger partial charge in [-0.05, 0) is 24.3 Å². The van der Waals surface area contributed by atoms with Crippen molar-refractivity contribution < 1.29 is 14.6 Å². The molecule has 0 aromatic heterocycles. The van der Waals surface area contributed by atoms with Crippen molar-refractivity contribution in [2.75, 3.05) is 39.3 Å². The Labute approximate surface area is 169 Å². The number of aliphatic hydroxyl groups is 1.